The maximum absolute atomic E-state index is 13.3. The number of carboxylic acid groups (broad SMARTS) is 1. The highest BCUT2D eigenvalue weighted by Crippen LogP contribution is 2.41. The van der Waals surface area contributed by atoms with Gasteiger partial charge in [-0.2, -0.15) is 4.98 Å². The van der Waals surface area contributed by atoms with Crippen molar-refractivity contribution in [1.29, 1.82) is 0 Å². The fourth-order valence-electron chi connectivity index (χ4n) is 4.74. The molecule has 0 spiro atoms. The number of rotatable bonds is 6. The van der Waals surface area contributed by atoms with Crippen LogP contribution in [0.4, 0.5) is 23.1 Å². The molecule has 0 saturated heterocycles. The Balaban J connectivity index is 1.75. The molecule has 176 valence electrons. The summed E-state index contributed by atoms with van der Waals surface area (Å²) in [6.07, 6.45) is 6.92. The molecule has 0 bridgehead atoms. The molecule has 1 aromatic heterocycles. The molecule has 1 aliphatic carbocycles. The molecule has 33 heavy (non-hydrogen) atoms. The lowest BCUT2D eigenvalue weighted by Gasteiger charge is -2.35. The van der Waals surface area contributed by atoms with Crippen LogP contribution >= 0.6 is 0 Å². The van der Waals surface area contributed by atoms with Crippen LogP contribution in [0.3, 0.4) is 0 Å². The Morgan fingerprint density at radius 1 is 1.33 bits per heavy atom. The van der Waals surface area contributed by atoms with Crippen molar-refractivity contribution in [2.75, 3.05) is 35.8 Å². The number of carbonyl (C=O) groups excluding carboxylic acids is 1. The number of carbonyl (C=O) groups is 2. The number of carboxylic acids is 1. The zero-order valence-corrected chi connectivity index (χ0v) is 19.6. The topological polar surface area (TPSA) is 108 Å². The second-order valence-corrected chi connectivity index (χ2v) is 9.09. The van der Waals surface area contributed by atoms with E-state index in [1.807, 2.05) is 6.92 Å². The van der Waals surface area contributed by atoms with Gasteiger partial charge in [0.15, 0.2) is 5.82 Å². The molecule has 4 rings (SSSR count). The van der Waals surface area contributed by atoms with E-state index in [2.05, 4.69) is 22.1 Å². The monoisotopic (exact) mass is 453 g/mol. The van der Waals surface area contributed by atoms with Gasteiger partial charge in [-0.15, -0.1) is 0 Å². The van der Waals surface area contributed by atoms with Gasteiger partial charge >= 0.3 is 5.97 Å². The number of amides is 1. The van der Waals surface area contributed by atoms with Gasteiger partial charge in [0.25, 0.3) is 0 Å². The molecule has 2 aliphatic rings. The number of anilines is 4. The molecule has 0 radical (unpaired) electrons. The number of benzene rings is 1. The lowest BCUT2D eigenvalue weighted by Crippen LogP contribution is -2.46. The largest absolute Gasteiger partial charge is 0.495 e. The molecule has 1 aliphatic heterocycles. The fourth-order valence-corrected chi connectivity index (χ4v) is 4.74. The highest BCUT2D eigenvalue weighted by Gasteiger charge is 2.43. The van der Waals surface area contributed by atoms with E-state index in [-0.39, 0.29) is 11.5 Å². The summed E-state index contributed by atoms with van der Waals surface area (Å²) in [5, 5.41) is 12.4. The number of hydrogen-bond acceptors (Lipinski definition) is 7. The van der Waals surface area contributed by atoms with E-state index in [4.69, 9.17) is 9.72 Å². The molecule has 2 N–H and O–H groups in total. The Morgan fingerprint density at radius 2 is 2.06 bits per heavy atom. The third-order valence-electron chi connectivity index (χ3n) is 6.96. The standard InChI is InChI=1S/C24H31N5O4/c1-5-24(2)14-29(16-8-6-7-9-16)20-18(28(3)22(24)32)13-25-23(27-20)26-17-11-10-15(21(30)31)12-19(17)33-4/h10-13,16H,5-9,14H2,1-4H3,(H,30,31)(H,25,26,27). The van der Waals surface area contributed by atoms with Crippen LogP contribution in [0.1, 0.15) is 56.3 Å². The van der Waals surface area contributed by atoms with E-state index in [9.17, 15) is 14.7 Å². The van der Waals surface area contributed by atoms with Gasteiger partial charge in [-0.1, -0.05) is 19.8 Å². The van der Waals surface area contributed by atoms with Gasteiger partial charge in [-0.25, -0.2) is 9.78 Å². The Bertz CT molecular complexity index is 1070. The number of hydrogen-bond donors (Lipinski definition) is 2. The van der Waals surface area contributed by atoms with Gasteiger partial charge in [0.05, 0.1) is 30.0 Å². The second kappa shape index (κ2) is 8.88. The first-order valence-corrected chi connectivity index (χ1v) is 11.4. The fraction of sp³-hybridized carbons (Fsp3) is 0.500. The normalized spacial score (nSPS) is 21.0. The molecule has 2 aromatic rings. The zero-order chi connectivity index (χ0) is 23.8. The average molecular weight is 454 g/mol. The predicted octanol–water partition coefficient (Wildman–Crippen LogP) is 4.07. The minimum absolute atomic E-state index is 0.0713. The maximum Gasteiger partial charge on any atom is 0.335 e. The Hall–Kier alpha value is -3.36. The predicted molar refractivity (Wildman–Crippen MR) is 127 cm³/mol. The lowest BCUT2D eigenvalue weighted by atomic mass is 9.85. The smallest absolute Gasteiger partial charge is 0.335 e. The van der Waals surface area contributed by atoms with Gasteiger partial charge in [0, 0.05) is 19.6 Å². The minimum atomic E-state index is -1.03. The number of fused-ring (bicyclic) bond motifs is 1. The summed E-state index contributed by atoms with van der Waals surface area (Å²) in [5.74, 6) is 0.529. The molecule has 1 fully saturated rings. The SMILES string of the molecule is CCC1(C)CN(C2CCCC2)c2nc(Nc3ccc(C(=O)O)cc3OC)ncc2N(C)C1=O. The van der Waals surface area contributed by atoms with Gasteiger partial charge in [0.1, 0.15) is 11.4 Å². The molecular weight excluding hydrogens is 422 g/mol. The molecule has 1 unspecified atom stereocenters. The number of aromatic carboxylic acids is 1. The second-order valence-electron chi connectivity index (χ2n) is 9.09. The maximum atomic E-state index is 13.3. The van der Waals surface area contributed by atoms with Crippen LogP contribution in [-0.2, 0) is 4.79 Å². The van der Waals surface area contributed by atoms with Crippen molar-refractivity contribution in [2.24, 2.45) is 5.41 Å². The van der Waals surface area contributed by atoms with E-state index >= 15 is 0 Å². The number of ether oxygens (including phenoxy) is 1. The first-order valence-electron chi connectivity index (χ1n) is 11.4. The van der Waals surface area contributed by atoms with E-state index < -0.39 is 11.4 Å². The van der Waals surface area contributed by atoms with Crippen molar-refractivity contribution in [3.63, 3.8) is 0 Å². The highest BCUT2D eigenvalue weighted by atomic mass is 16.5. The van der Waals surface area contributed by atoms with Crippen LogP contribution in [0.25, 0.3) is 0 Å². The number of methoxy groups -OCH3 is 1. The summed E-state index contributed by atoms with van der Waals surface area (Å²) in [5.41, 5.74) is 0.877. The third kappa shape index (κ3) is 4.19. The van der Waals surface area contributed by atoms with Gasteiger partial charge < -0.3 is 25.0 Å². The molecule has 1 aromatic carbocycles. The van der Waals surface area contributed by atoms with E-state index in [1.54, 1.807) is 24.2 Å². The molecule has 1 amide bonds. The number of nitrogens with one attached hydrogen (secondary N) is 1. The molecule has 1 atom stereocenters. The Kier molecular flexibility index (Phi) is 6.14. The van der Waals surface area contributed by atoms with Crippen LogP contribution in [0.5, 0.6) is 5.75 Å². The van der Waals surface area contributed by atoms with Crippen LogP contribution < -0.4 is 19.9 Å². The Morgan fingerprint density at radius 3 is 2.70 bits per heavy atom. The zero-order valence-electron chi connectivity index (χ0n) is 19.6. The van der Waals surface area contributed by atoms with Crippen LogP contribution in [0, 0.1) is 5.41 Å². The molecule has 9 heteroatoms. The summed E-state index contributed by atoms with van der Waals surface area (Å²) in [7, 11) is 3.27. The van der Waals surface area contributed by atoms with Crippen molar-refractivity contribution in [3.8, 4) is 5.75 Å². The summed E-state index contributed by atoms with van der Waals surface area (Å²) in [4.78, 5) is 37.9. The molecule has 2 heterocycles. The first-order chi connectivity index (χ1) is 15.8. The molecular formula is C24H31N5O4. The van der Waals surface area contributed by atoms with Crippen molar-refractivity contribution < 1.29 is 19.4 Å². The van der Waals surface area contributed by atoms with Crippen LogP contribution in [0.2, 0.25) is 0 Å². The Labute approximate surface area is 193 Å². The average Bonchev–Trinajstić information content (AvgIpc) is 3.34. The van der Waals surface area contributed by atoms with Gasteiger partial charge in [0.2, 0.25) is 11.9 Å². The molecule has 9 nitrogen and oxygen atoms in total. The van der Waals surface area contributed by atoms with E-state index in [0.29, 0.717) is 35.7 Å². The van der Waals surface area contributed by atoms with Gasteiger partial charge in [-0.05, 0) is 44.4 Å². The van der Waals surface area contributed by atoms with Crippen molar-refractivity contribution in [1.82, 2.24) is 9.97 Å². The number of nitrogens with zero attached hydrogens (tertiary/aromatic N) is 4. The quantitative estimate of drug-likeness (QED) is 0.674. The van der Waals surface area contributed by atoms with E-state index in [0.717, 1.165) is 25.1 Å². The first kappa shape index (κ1) is 22.8. The third-order valence-corrected chi connectivity index (χ3v) is 6.96. The summed E-state index contributed by atoms with van der Waals surface area (Å²) in [6.45, 7) is 4.69. The minimum Gasteiger partial charge on any atom is -0.495 e. The van der Waals surface area contributed by atoms with Crippen LogP contribution in [0.15, 0.2) is 24.4 Å². The summed E-state index contributed by atoms with van der Waals surface area (Å²) >= 11 is 0. The number of aromatic nitrogens is 2. The molecule has 1 saturated carbocycles. The van der Waals surface area contributed by atoms with Crippen molar-refractivity contribution >= 4 is 35.0 Å². The van der Waals surface area contributed by atoms with Crippen molar-refractivity contribution in [2.45, 2.75) is 52.0 Å². The highest BCUT2D eigenvalue weighted by molar-refractivity contribution is 6.01. The lowest BCUT2D eigenvalue weighted by molar-refractivity contribution is -0.126. The van der Waals surface area contributed by atoms with Crippen molar-refractivity contribution in [3.05, 3.63) is 30.0 Å². The summed E-state index contributed by atoms with van der Waals surface area (Å²) < 4.78 is 5.37. The van der Waals surface area contributed by atoms with Crippen LogP contribution in [-0.4, -0.2) is 53.7 Å². The van der Waals surface area contributed by atoms with E-state index in [1.165, 1.54) is 32.1 Å². The summed E-state index contributed by atoms with van der Waals surface area (Å²) in [6, 6.07) is 4.93. The van der Waals surface area contributed by atoms with Gasteiger partial charge in [-0.3, -0.25) is 4.79 Å².